The molecule has 1 N–H and O–H groups in total. The molecule has 0 aromatic rings. The van der Waals surface area contributed by atoms with Crippen molar-refractivity contribution in [1.29, 1.82) is 0 Å². The third kappa shape index (κ3) is 7.00. The Labute approximate surface area is 114 Å². The van der Waals surface area contributed by atoms with E-state index in [2.05, 4.69) is 39.8 Å². The Morgan fingerprint density at radius 3 is 2.44 bits per heavy atom. The minimum Gasteiger partial charge on any atom is -0.417 e. The van der Waals surface area contributed by atoms with E-state index in [0.717, 1.165) is 25.9 Å². The van der Waals surface area contributed by atoms with E-state index in [-0.39, 0.29) is 5.04 Å². The number of unbranched alkanes of at least 4 members (excludes halogenated alkanes) is 1. The summed E-state index contributed by atoms with van der Waals surface area (Å²) in [5.74, 6) is 2.38. The van der Waals surface area contributed by atoms with Crippen molar-refractivity contribution >= 4 is 8.32 Å². The predicted molar refractivity (Wildman–Crippen MR) is 81.0 cm³/mol. The second kappa shape index (κ2) is 7.78. The summed E-state index contributed by atoms with van der Waals surface area (Å²) < 4.78 is 6.06. The van der Waals surface area contributed by atoms with Crippen molar-refractivity contribution < 1.29 is 9.53 Å². The summed E-state index contributed by atoms with van der Waals surface area (Å²) in [5.41, 5.74) is 0. The number of aliphatic hydroxyl groups excluding tert-OH is 1. The van der Waals surface area contributed by atoms with Crippen LogP contribution in [0.15, 0.2) is 12.2 Å². The van der Waals surface area contributed by atoms with Crippen LogP contribution in [0.2, 0.25) is 18.1 Å². The summed E-state index contributed by atoms with van der Waals surface area (Å²) in [6.45, 7) is 12.0. The Morgan fingerprint density at radius 1 is 1.33 bits per heavy atom. The van der Waals surface area contributed by atoms with Crippen molar-refractivity contribution in [1.82, 2.24) is 0 Å². The second-order valence-electron chi connectivity index (χ2n) is 6.20. The lowest BCUT2D eigenvalue weighted by Crippen LogP contribution is -2.40. The molecule has 0 radical (unpaired) electrons. The number of rotatable bonds is 7. The van der Waals surface area contributed by atoms with Gasteiger partial charge in [0.15, 0.2) is 8.32 Å². The third-order valence-corrected chi connectivity index (χ3v) is 8.12. The minimum atomic E-state index is -1.61. The van der Waals surface area contributed by atoms with E-state index < -0.39 is 14.4 Å². The maximum absolute atomic E-state index is 9.55. The van der Waals surface area contributed by atoms with Crippen LogP contribution < -0.4 is 0 Å². The minimum absolute atomic E-state index is 0.266. The van der Waals surface area contributed by atoms with E-state index in [0.29, 0.717) is 0 Å². The molecule has 0 aromatic carbocycles. The molecule has 0 aromatic heterocycles. The number of aliphatic hydroxyl groups is 1. The zero-order valence-electron chi connectivity index (χ0n) is 12.5. The van der Waals surface area contributed by atoms with Crippen LogP contribution in [0.5, 0.6) is 0 Å². The smallest absolute Gasteiger partial charge is 0.191 e. The lowest BCUT2D eigenvalue weighted by molar-refractivity contribution is 0.201. The van der Waals surface area contributed by atoms with E-state index in [9.17, 15) is 5.11 Å². The van der Waals surface area contributed by atoms with Gasteiger partial charge >= 0.3 is 0 Å². The molecule has 0 spiro atoms. The van der Waals surface area contributed by atoms with Crippen molar-refractivity contribution in [2.45, 2.75) is 64.3 Å². The van der Waals surface area contributed by atoms with Crippen LogP contribution in [0.4, 0.5) is 0 Å². The molecule has 0 bridgehead atoms. The van der Waals surface area contributed by atoms with Gasteiger partial charge < -0.3 is 9.53 Å². The van der Waals surface area contributed by atoms with Crippen LogP contribution >= 0.6 is 0 Å². The first-order valence-electron chi connectivity index (χ1n) is 6.65. The molecule has 0 aliphatic carbocycles. The summed E-state index contributed by atoms with van der Waals surface area (Å²) in [5, 5.41) is 9.82. The van der Waals surface area contributed by atoms with Gasteiger partial charge in [0, 0.05) is 6.61 Å². The van der Waals surface area contributed by atoms with Crippen molar-refractivity contribution in [3.63, 3.8) is 0 Å². The van der Waals surface area contributed by atoms with Crippen molar-refractivity contribution in [2.24, 2.45) is 0 Å². The molecular weight excluding hydrogens is 240 g/mol. The molecular formula is C15H28O2Si. The highest BCUT2D eigenvalue weighted by molar-refractivity contribution is 6.74. The van der Waals surface area contributed by atoms with E-state index >= 15 is 0 Å². The van der Waals surface area contributed by atoms with Gasteiger partial charge in [0.2, 0.25) is 0 Å². The summed E-state index contributed by atoms with van der Waals surface area (Å²) in [4.78, 5) is 0. The van der Waals surface area contributed by atoms with Gasteiger partial charge in [0.1, 0.15) is 0 Å². The van der Waals surface area contributed by atoms with Crippen LogP contribution in [0.1, 0.15) is 40.0 Å². The van der Waals surface area contributed by atoms with Crippen molar-refractivity contribution in [2.75, 3.05) is 6.61 Å². The Hall–Kier alpha value is -0.563. The molecule has 18 heavy (non-hydrogen) atoms. The van der Waals surface area contributed by atoms with Crippen LogP contribution in [0, 0.1) is 12.3 Å². The monoisotopic (exact) mass is 268 g/mol. The Bertz CT molecular complexity index is 295. The fourth-order valence-corrected chi connectivity index (χ4v) is 2.35. The molecule has 1 atom stereocenters. The Balaban J connectivity index is 3.76. The van der Waals surface area contributed by atoms with Crippen molar-refractivity contribution in [3.8, 4) is 12.3 Å². The first-order valence-corrected chi connectivity index (χ1v) is 9.56. The fourth-order valence-electron chi connectivity index (χ4n) is 1.26. The molecule has 0 heterocycles. The van der Waals surface area contributed by atoms with Gasteiger partial charge in [-0.05, 0) is 49.5 Å². The van der Waals surface area contributed by atoms with E-state index in [1.54, 1.807) is 12.2 Å². The zero-order valence-corrected chi connectivity index (χ0v) is 13.5. The molecule has 3 heteroatoms. The topological polar surface area (TPSA) is 29.5 Å². The second-order valence-corrected chi connectivity index (χ2v) is 11.0. The largest absolute Gasteiger partial charge is 0.417 e. The fraction of sp³-hybridized carbons (Fsp3) is 0.733. The summed E-state index contributed by atoms with van der Waals surface area (Å²) in [6, 6.07) is 0. The number of terminal acetylenes is 1. The molecule has 0 unspecified atom stereocenters. The Morgan fingerprint density at radius 2 is 1.94 bits per heavy atom. The first kappa shape index (κ1) is 17.4. The van der Waals surface area contributed by atoms with E-state index in [1.165, 1.54) is 0 Å². The van der Waals surface area contributed by atoms with Gasteiger partial charge in [-0.3, -0.25) is 0 Å². The molecule has 0 aliphatic rings. The number of allylic oxidation sites excluding steroid dienone is 1. The molecule has 104 valence electrons. The molecule has 0 saturated carbocycles. The van der Waals surface area contributed by atoms with Gasteiger partial charge in [-0.2, -0.15) is 0 Å². The molecule has 2 nitrogen and oxygen atoms in total. The average Bonchev–Trinajstić information content (AvgIpc) is 2.24. The Kier molecular flexibility index (Phi) is 7.54. The number of hydrogen-bond acceptors (Lipinski definition) is 2. The zero-order chi connectivity index (χ0) is 14.2. The summed E-state index contributed by atoms with van der Waals surface area (Å²) >= 11 is 0. The standard InChI is InChI=1S/C15H28O2Si/c1-7-8-11-14(16)12-9-10-13-17-18(5,6)15(2,3)4/h1,8,11,14,16H,9-10,12-13H2,2-6H3/b11-8+/t14-/m1/s1. The van der Waals surface area contributed by atoms with Crippen LogP contribution in [0.3, 0.4) is 0 Å². The third-order valence-electron chi connectivity index (χ3n) is 3.58. The molecule has 0 rings (SSSR count). The van der Waals surface area contributed by atoms with E-state index in [1.807, 2.05) is 0 Å². The summed E-state index contributed by atoms with van der Waals surface area (Å²) in [7, 11) is -1.61. The SMILES string of the molecule is C#C/C=C/[C@@H](O)CCCCO[Si](C)(C)C(C)(C)C. The highest BCUT2D eigenvalue weighted by Gasteiger charge is 2.36. The quantitative estimate of drug-likeness (QED) is 0.433. The highest BCUT2D eigenvalue weighted by atomic mass is 28.4. The van der Waals surface area contributed by atoms with E-state index in [4.69, 9.17) is 10.8 Å². The molecule has 0 aliphatic heterocycles. The lowest BCUT2D eigenvalue weighted by atomic mass is 10.1. The highest BCUT2D eigenvalue weighted by Crippen LogP contribution is 2.36. The van der Waals surface area contributed by atoms with Gasteiger partial charge in [-0.1, -0.05) is 26.7 Å². The average molecular weight is 268 g/mol. The van der Waals surface area contributed by atoms with Crippen molar-refractivity contribution in [3.05, 3.63) is 12.2 Å². The first-order chi connectivity index (χ1) is 8.20. The van der Waals surface area contributed by atoms with Gasteiger partial charge in [-0.15, -0.1) is 6.42 Å². The van der Waals surface area contributed by atoms with Crippen LogP contribution in [0.25, 0.3) is 0 Å². The lowest BCUT2D eigenvalue weighted by Gasteiger charge is -2.36. The predicted octanol–water partition coefficient (Wildman–Crippen LogP) is 3.73. The molecule has 0 saturated heterocycles. The maximum atomic E-state index is 9.55. The molecule has 0 fully saturated rings. The number of hydrogen-bond donors (Lipinski definition) is 1. The maximum Gasteiger partial charge on any atom is 0.191 e. The molecule has 0 amide bonds. The van der Waals surface area contributed by atoms with Gasteiger partial charge in [0.25, 0.3) is 0 Å². The van der Waals surface area contributed by atoms with Gasteiger partial charge in [0.05, 0.1) is 6.10 Å². The van der Waals surface area contributed by atoms with Gasteiger partial charge in [-0.25, -0.2) is 0 Å². The van der Waals surface area contributed by atoms with Crippen LogP contribution in [-0.2, 0) is 4.43 Å². The normalized spacial score (nSPS) is 14.7. The van der Waals surface area contributed by atoms with Crippen LogP contribution in [-0.4, -0.2) is 26.1 Å². The summed E-state index contributed by atoms with van der Waals surface area (Å²) in [6.07, 6.45) is 10.6.